The lowest BCUT2D eigenvalue weighted by Gasteiger charge is -2.26. The van der Waals surface area contributed by atoms with Gasteiger partial charge in [0.1, 0.15) is 5.60 Å². The number of halogens is 1. The number of benzene rings is 2. The van der Waals surface area contributed by atoms with E-state index in [1.54, 1.807) is 16.7 Å². The maximum Gasteiger partial charge on any atom is 0.410 e. The van der Waals surface area contributed by atoms with E-state index < -0.39 is 5.60 Å². The fourth-order valence-corrected chi connectivity index (χ4v) is 4.78. The summed E-state index contributed by atoms with van der Waals surface area (Å²) >= 11 is 8.28. The highest BCUT2D eigenvalue weighted by Gasteiger charge is 2.25. The Morgan fingerprint density at radius 2 is 1.76 bits per heavy atom. The third-order valence-electron chi connectivity index (χ3n) is 4.83. The number of thioether (sulfide) groups is 1. The van der Waals surface area contributed by atoms with E-state index in [-0.39, 0.29) is 12.7 Å². The monoisotopic (exact) mass is 433 g/mol. The number of carbonyl (C=O) groups is 1. The van der Waals surface area contributed by atoms with Crippen molar-refractivity contribution >= 4 is 29.5 Å². The second kappa shape index (κ2) is 9.41. The molecule has 0 aliphatic carbocycles. The van der Waals surface area contributed by atoms with Crippen LogP contribution in [-0.4, -0.2) is 34.8 Å². The van der Waals surface area contributed by atoms with Gasteiger partial charge in [-0.1, -0.05) is 41.9 Å². The predicted molar refractivity (Wildman–Crippen MR) is 119 cm³/mol. The van der Waals surface area contributed by atoms with E-state index in [1.165, 1.54) is 16.7 Å². The average molecular weight is 434 g/mol. The van der Waals surface area contributed by atoms with Gasteiger partial charge in [-0.05, 0) is 61.9 Å². The van der Waals surface area contributed by atoms with Crippen molar-refractivity contribution in [2.45, 2.75) is 56.5 Å². The van der Waals surface area contributed by atoms with Crippen LogP contribution < -0.4 is 0 Å². The highest BCUT2D eigenvalue weighted by Crippen LogP contribution is 2.36. The Morgan fingerprint density at radius 3 is 2.41 bits per heavy atom. The van der Waals surface area contributed by atoms with Crippen molar-refractivity contribution in [1.82, 2.24) is 4.90 Å². The number of hydrogen-bond donors (Lipinski definition) is 1. The van der Waals surface area contributed by atoms with Gasteiger partial charge in [0.2, 0.25) is 0 Å². The van der Waals surface area contributed by atoms with Crippen LogP contribution in [0, 0.1) is 0 Å². The van der Waals surface area contributed by atoms with Gasteiger partial charge in [-0.2, -0.15) is 0 Å². The SMILES string of the molecule is CC(C)(C)OC(=O)N1CCc2ccc(Cl)c(SCc3ccc(CO)cc3)c2CC1. The zero-order valence-corrected chi connectivity index (χ0v) is 18.8. The van der Waals surface area contributed by atoms with E-state index in [9.17, 15) is 9.90 Å². The molecule has 0 radical (unpaired) electrons. The second-order valence-corrected chi connectivity index (χ2v) is 9.64. The summed E-state index contributed by atoms with van der Waals surface area (Å²) in [5.41, 5.74) is 4.09. The summed E-state index contributed by atoms with van der Waals surface area (Å²) in [6.07, 6.45) is 1.31. The second-order valence-electron chi connectivity index (χ2n) is 8.24. The summed E-state index contributed by atoms with van der Waals surface area (Å²) in [6.45, 7) is 6.99. The molecule has 0 atom stereocenters. The van der Waals surface area contributed by atoms with Gasteiger partial charge in [0.15, 0.2) is 0 Å². The largest absolute Gasteiger partial charge is 0.444 e. The molecule has 0 aromatic heterocycles. The molecule has 0 saturated heterocycles. The van der Waals surface area contributed by atoms with Gasteiger partial charge in [-0.15, -0.1) is 11.8 Å². The van der Waals surface area contributed by atoms with Gasteiger partial charge in [-0.25, -0.2) is 4.79 Å². The van der Waals surface area contributed by atoms with Crippen molar-refractivity contribution in [2.75, 3.05) is 13.1 Å². The molecule has 1 aliphatic heterocycles. The highest BCUT2D eigenvalue weighted by atomic mass is 35.5. The number of carbonyl (C=O) groups excluding carboxylic acids is 1. The Kier molecular flexibility index (Phi) is 7.14. The van der Waals surface area contributed by atoms with Crippen molar-refractivity contribution < 1.29 is 14.6 Å². The third-order valence-corrected chi connectivity index (χ3v) is 6.49. The van der Waals surface area contributed by atoms with Gasteiger partial charge in [0, 0.05) is 23.7 Å². The lowest BCUT2D eigenvalue weighted by atomic mass is 10.0. The van der Waals surface area contributed by atoms with Crippen molar-refractivity contribution in [2.24, 2.45) is 0 Å². The first-order chi connectivity index (χ1) is 13.8. The zero-order chi connectivity index (χ0) is 21.0. The normalized spacial score (nSPS) is 14.3. The minimum atomic E-state index is -0.494. The van der Waals surface area contributed by atoms with Crippen molar-refractivity contribution in [3.8, 4) is 0 Å². The fourth-order valence-electron chi connectivity index (χ4n) is 3.32. The van der Waals surface area contributed by atoms with Crippen LogP contribution >= 0.6 is 23.4 Å². The maximum absolute atomic E-state index is 12.5. The van der Waals surface area contributed by atoms with Crippen LogP contribution in [0.1, 0.15) is 43.0 Å². The molecule has 0 bridgehead atoms. The average Bonchev–Trinajstić information content (AvgIpc) is 2.89. The maximum atomic E-state index is 12.5. The van der Waals surface area contributed by atoms with Gasteiger partial charge < -0.3 is 14.7 Å². The number of hydrogen-bond acceptors (Lipinski definition) is 4. The smallest absolute Gasteiger partial charge is 0.410 e. The molecule has 0 unspecified atom stereocenters. The van der Waals surface area contributed by atoms with Crippen LogP contribution in [-0.2, 0) is 29.9 Å². The van der Waals surface area contributed by atoms with E-state index in [2.05, 4.69) is 6.07 Å². The summed E-state index contributed by atoms with van der Waals surface area (Å²) in [6, 6.07) is 12.0. The molecule has 3 rings (SSSR count). The number of aliphatic hydroxyl groups excluding tert-OH is 1. The molecule has 6 heteroatoms. The lowest BCUT2D eigenvalue weighted by molar-refractivity contribution is 0.0258. The van der Waals surface area contributed by atoms with Crippen LogP contribution in [0.5, 0.6) is 0 Å². The molecular formula is C23H28ClNO3S. The van der Waals surface area contributed by atoms with E-state index in [1.807, 2.05) is 51.1 Å². The molecule has 1 aliphatic rings. The summed E-state index contributed by atoms with van der Waals surface area (Å²) in [4.78, 5) is 15.4. The first-order valence-corrected chi connectivity index (χ1v) is 11.2. The zero-order valence-electron chi connectivity index (χ0n) is 17.2. The Hall–Kier alpha value is -1.69. The molecule has 1 amide bonds. The molecule has 1 N–H and O–H groups in total. The Morgan fingerprint density at radius 1 is 1.10 bits per heavy atom. The molecule has 0 spiro atoms. The standard InChI is InChI=1S/C23H28ClNO3S/c1-23(2,3)28-22(27)25-12-10-18-8-9-20(24)21(19(18)11-13-25)29-15-17-6-4-16(14-26)5-7-17/h4-9,26H,10-15H2,1-3H3. The molecular weight excluding hydrogens is 406 g/mol. The number of nitrogens with zero attached hydrogens (tertiary/aromatic N) is 1. The molecule has 29 heavy (non-hydrogen) atoms. The van der Waals surface area contributed by atoms with Crippen LogP contribution in [0.3, 0.4) is 0 Å². The number of ether oxygens (including phenoxy) is 1. The number of fused-ring (bicyclic) bond motifs is 1. The predicted octanol–water partition coefficient (Wildman–Crippen LogP) is 5.46. The van der Waals surface area contributed by atoms with Crippen LogP contribution in [0.4, 0.5) is 4.79 Å². The van der Waals surface area contributed by atoms with E-state index in [4.69, 9.17) is 16.3 Å². The quantitative estimate of drug-likeness (QED) is 0.650. The summed E-state index contributed by atoms with van der Waals surface area (Å²) in [5, 5.41) is 9.95. The Labute approximate surface area is 182 Å². The molecule has 156 valence electrons. The highest BCUT2D eigenvalue weighted by molar-refractivity contribution is 7.98. The third kappa shape index (κ3) is 5.91. The Bertz CT molecular complexity index is 862. The molecule has 1 heterocycles. The van der Waals surface area contributed by atoms with Gasteiger partial charge in [0.05, 0.1) is 11.6 Å². The van der Waals surface area contributed by atoms with Crippen LogP contribution in [0.15, 0.2) is 41.3 Å². The molecule has 4 nitrogen and oxygen atoms in total. The van der Waals surface area contributed by atoms with Gasteiger partial charge in [0.25, 0.3) is 0 Å². The molecule has 0 saturated carbocycles. The van der Waals surface area contributed by atoms with Gasteiger partial charge in [-0.3, -0.25) is 0 Å². The first-order valence-electron chi connectivity index (χ1n) is 9.86. The van der Waals surface area contributed by atoms with Crippen molar-refractivity contribution in [3.63, 3.8) is 0 Å². The van der Waals surface area contributed by atoms with Crippen LogP contribution in [0.2, 0.25) is 5.02 Å². The van der Waals surface area contributed by atoms with Crippen molar-refractivity contribution in [3.05, 3.63) is 63.7 Å². The minimum absolute atomic E-state index is 0.0552. The summed E-state index contributed by atoms with van der Waals surface area (Å²) in [5.74, 6) is 0.803. The number of rotatable bonds is 4. The van der Waals surface area contributed by atoms with Crippen LogP contribution in [0.25, 0.3) is 0 Å². The summed E-state index contributed by atoms with van der Waals surface area (Å²) < 4.78 is 5.55. The fraction of sp³-hybridized carbons (Fsp3) is 0.435. The van der Waals surface area contributed by atoms with Crippen molar-refractivity contribution in [1.29, 1.82) is 0 Å². The molecule has 2 aromatic carbocycles. The Balaban J connectivity index is 1.73. The first kappa shape index (κ1) is 22.0. The number of amides is 1. The molecule has 2 aromatic rings. The van der Waals surface area contributed by atoms with Gasteiger partial charge >= 0.3 is 6.09 Å². The topological polar surface area (TPSA) is 49.8 Å². The summed E-state index contributed by atoms with van der Waals surface area (Å²) in [7, 11) is 0. The lowest BCUT2D eigenvalue weighted by Crippen LogP contribution is -2.38. The van der Waals surface area contributed by atoms with E-state index in [0.29, 0.717) is 13.1 Å². The van der Waals surface area contributed by atoms with E-state index >= 15 is 0 Å². The number of aliphatic hydroxyl groups is 1. The minimum Gasteiger partial charge on any atom is -0.444 e. The molecule has 0 fully saturated rings. The van der Waals surface area contributed by atoms with E-state index in [0.717, 1.165) is 34.1 Å².